The van der Waals surface area contributed by atoms with Crippen molar-refractivity contribution in [2.24, 2.45) is 16.7 Å². The number of esters is 1. The first-order valence-electron chi connectivity index (χ1n) is 8.44. The van der Waals surface area contributed by atoms with Crippen LogP contribution in [0.4, 0.5) is 0 Å². The molecule has 1 saturated carbocycles. The van der Waals surface area contributed by atoms with Crippen LogP contribution in [0.3, 0.4) is 0 Å². The molecule has 1 heterocycles. The van der Waals surface area contributed by atoms with Crippen LogP contribution in [-0.4, -0.2) is 25.7 Å². The Morgan fingerprint density at radius 2 is 2.00 bits per heavy atom. The molecule has 0 aromatic rings. The van der Waals surface area contributed by atoms with Gasteiger partial charge in [-0.2, -0.15) is 0 Å². The summed E-state index contributed by atoms with van der Waals surface area (Å²) in [6.07, 6.45) is 7.59. The standard InChI is InChI=1S/C18H31NO2/c1-5-21-16(20)12-14-6-8-18(9-7-14)10-11-19-13-15(18)17(2,3)4/h12,15,19H,5-11,13H2,1-4H3. The van der Waals surface area contributed by atoms with Crippen molar-refractivity contribution in [3.8, 4) is 0 Å². The minimum atomic E-state index is -0.166. The lowest BCUT2D eigenvalue weighted by molar-refractivity contribution is -0.137. The summed E-state index contributed by atoms with van der Waals surface area (Å²) in [6.45, 7) is 11.7. The highest BCUT2D eigenvalue weighted by Gasteiger charge is 2.46. The summed E-state index contributed by atoms with van der Waals surface area (Å²) in [6, 6.07) is 0. The van der Waals surface area contributed by atoms with E-state index < -0.39 is 0 Å². The number of allylic oxidation sites excluding steroid dienone is 1. The Hall–Kier alpha value is -0.830. The van der Waals surface area contributed by atoms with Gasteiger partial charge in [0, 0.05) is 6.08 Å². The fourth-order valence-corrected chi connectivity index (χ4v) is 4.36. The Morgan fingerprint density at radius 1 is 1.33 bits per heavy atom. The molecule has 120 valence electrons. The summed E-state index contributed by atoms with van der Waals surface area (Å²) in [4.78, 5) is 11.6. The number of carbonyl (C=O) groups excluding carboxylic acids is 1. The summed E-state index contributed by atoms with van der Waals surface area (Å²) >= 11 is 0. The lowest BCUT2D eigenvalue weighted by atomic mass is 9.55. The average Bonchev–Trinajstić information content (AvgIpc) is 2.41. The van der Waals surface area contributed by atoms with Gasteiger partial charge in [0.15, 0.2) is 0 Å². The summed E-state index contributed by atoms with van der Waals surface area (Å²) in [5.41, 5.74) is 2.09. The van der Waals surface area contributed by atoms with Crippen molar-refractivity contribution < 1.29 is 9.53 Å². The Balaban J connectivity index is 2.05. The summed E-state index contributed by atoms with van der Waals surface area (Å²) in [5.74, 6) is 0.559. The van der Waals surface area contributed by atoms with E-state index in [4.69, 9.17) is 4.74 Å². The van der Waals surface area contributed by atoms with Crippen molar-refractivity contribution in [1.29, 1.82) is 0 Å². The van der Waals surface area contributed by atoms with Crippen LogP contribution in [0.25, 0.3) is 0 Å². The lowest BCUT2D eigenvalue weighted by Gasteiger charge is -2.52. The molecule has 1 aliphatic carbocycles. The van der Waals surface area contributed by atoms with Crippen molar-refractivity contribution in [1.82, 2.24) is 5.32 Å². The fraction of sp³-hybridized carbons (Fsp3) is 0.833. The molecule has 1 spiro atoms. The number of carbonyl (C=O) groups is 1. The maximum atomic E-state index is 11.6. The van der Waals surface area contributed by atoms with Gasteiger partial charge in [-0.3, -0.25) is 0 Å². The maximum Gasteiger partial charge on any atom is 0.330 e. The molecule has 0 aromatic heterocycles. The molecule has 1 atom stereocenters. The molecular weight excluding hydrogens is 262 g/mol. The molecule has 0 bridgehead atoms. The van der Waals surface area contributed by atoms with Crippen molar-refractivity contribution in [2.75, 3.05) is 19.7 Å². The maximum absolute atomic E-state index is 11.6. The Kier molecular flexibility index (Phi) is 5.13. The van der Waals surface area contributed by atoms with E-state index in [2.05, 4.69) is 26.1 Å². The third kappa shape index (κ3) is 3.88. The summed E-state index contributed by atoms with van der Waals surface area (Å²) in [5, 5.41) is 3.58. The molecule has 2 rings (SSSR count). The predicted molar refractivity (Wildman–Crippen MR) is 86.0 cm³/mol. The van der Waals surface area contributed by atoms with E-state index >= 15 is 0 Å². The van der Waals surface area contributed by atoms with Gasteiger partial charge in [0.1, 0.15) is 0 Å². The van der Waals surface area contributed by atoms with Crippen LogP contribution in [0.2, 0.25) is 0 Å². The summed E-state index contributed by atoms with van der Waals surface area (Å²) in [7, 11) is 0. The van der Waals surface area contributed by atoms with Crippen molar-refractivity contribution >= 4 is 5.97 Å². The molecular formula is C18H31NO2. The SMILES string of the molecule is CCOC(=O)C=C1CCC2(CCNCC2C(C)(C)C)CC1. The first-order valence-corrected chi connectivity index (χ1v) is 8.44. The van der Waals surface area contributed by atoms with Crippen LogP contribution in [0, 0.1) is 16.7 Å². The fourth-order valence-electron chi connectivity index (χ4n) is 4.36. The van der Waals surface area contributed by atoms with Gasteiger partial charge in [0.05, 0.1) is 6.61 Å². The highest BCUT2D eigenvalue weighted by atomic mass is 16.5. The third-order valence-electron chi connectivity index (χ3n) is 5.43. The molecule has 0 aromatic carbocycles. The van der Waals surface area contributed by atoms with E-state index in [0.717, 1.165) is 31.8 Å². The van der Waals surface area contributed by atoms with Crippen molar-refractivity contribution in [2.45, 2.75) is 59.8 Å². The molecule has 1 N–H and O–H groups in total. The van der Waals surface area contributed by atoms with E-state index in [0.29, 0.717) is 17.4 Å². The van der Waals surface area contributed by atoms with E-state index in [1.165, 1.54) is 24.8 Å². The van der Waals surface area contributed by atoms with E-state index in [9.17, 15) is 4.79 Å². The minimum Gasteiger partial charge on any atom is -0.463 e. The second-order valence-corrected chi connectivity index (χ2v) is 7.79. The van der Waals surface area contributed by atoms with Gasteiger partial charge in [-0.05, 0) is 68.9 Å². The largest absolute Gasteiger partial charge is 0.463 e. The van der Waals surface area contributed by atoms with Gasteiger partial charge in [-0.25, -0.2) is 4.79 Å². The predicted octanol–water partition coefficient (Wildman–Crippen LogP) is 3.69. The van der Waals surface area contributed by atoms with Gasteiger partial charge < -0.3 is 10.1 Å². The highest BCUT2D eigenvalue weighted by molar-refractivity contribution is 5.82. The van der Waals surface area contributed by atoms with Crippen LogP contribution in [0.1, 0.15) is 59.8 Å². The van der Waals surface area contributed by atoms with Gasteiger partial charge in [0.2, 0.25) is 0 Å². The lowest BCUT2D eigenvalue weighted by Crippen LogP contribution is -2.51. The van der Waals surface area contributed by atoms with Crippen molar-refractivity contribution in [3.63, 3.8) is 0 Å². The Labute approximate surface area is 129 Å². The van der Waals surface area contributed by atoms with Crippen LogP contribution in [-0.2, 0) is 9.53 Å². The van der Waals surface area contributed by atoms with Gasteiger partial charge in [0.25, 0.3) is 0 Å². The van der Waals surface area contributed by atoms with Crippen LogP contribution < -0.4 is 5.32 Å². The van der Waals surface area contributed by atoms with E-state index in [-0.39, 0.29) is 5.97 Å². The first kappa shape index (κ1) is 16.5. The van der Waals surface area contributed by atoms with Crippen LogP contribution in [0.15, 0.2) is 11.6 Å². The average molecular weight is 293 g/mol. The normalized spacial score (nSPS) is 30.3. The molecule has 3 heteroatoms. The number of ether oxygens (including phenoxy) is 1. The van der Waals surface area contributed by atoms with Gasteiger partial charge in [-0.15, -0.1) is 0 Å². The number of nitrogens with one attached hydrogen (secondary N) is 1. The summed E-state index contributed by atoms with van der Waals surface area (Å²) < 4.78 is 5.03. The number of hydrogen-bond acceptors (Lipinski definition) is 3. The number of hydrogen-bond donors (Lipinski definition) is 1. The number of piperidine rings is 1. The van der Waals surface area contributed by atoms with Crippen LogP contribution in [0.5, 0.6) is 0 Å². The quantitative estimate of drug-likeness (QED) is 0.623. The second-order valence-electron chi connectivity index (χ2n) is 7.79. The monoisotopic (exact) mass is 293 g/mol. The van der Waals surface area contributed by atoms with Crippen molar-refractivity contribution in [3.05, 3.63) is 11.6 Å². The topological polar surface area (TPSA) is 38.3 Å². The molecule has 0 radical (unpaired) electrons. The molecule has 2 fully saturated rings. The van der Waals surface area contributed by atoms with E-state index in [1.54, 1.807) is 6.08 Å². The molecule has 0 amide bonds. The first-order chi connectivity index (χ1) is 9.87. The Bertz CT molecular complexity index is 396. The zero-order chi connectivity index (χ0) is 15.5. The van der Waals surface area contributed by atoms with Crippen LogP contribution >= 0.6 is 0 Å². The molecule has 1 unspecified atom stereocenters. The zero-order valence-electron chi connectivity index (χ0n) is 14.1. The highest BCUT2D eigenvalue weighted by Crippen LogP contribution is 2.53. The molecule has 3 nitrogen and oxygen atoms in total. The van der Waals surface area contributed by atoms with E-state index in [1.807, 2.05) is 6.92 Å². The molecule has 1 aliphatic heterocycles. The molecule has 2 aliphatic rings. The van der Waals surface area contributed by atoms with Gasteiger partial charge >= 0.3 is 5.97 Å². The zero-order valence-corrected chi connectivity index (χ0v) is 14.1. The molecule has 21 heavy (non-hydrogen) atoms. The van der Waals surface area contributed by atoms with Gasteiger partial charge in [-0.1, -0.05) is 26.3 Å². The smallest absolute Gasteiger partial charge is 0.330 e. The number of rotatable bonds is 2. The minimum absolute atomic E-state index is 0.166. The second kappa shape index (κ2) is 6.51. The Morgan fingerprint density at radius 3 is 2.57 bits per heavy atom. The third-order valence-corrected chi connectivity index (χ3v) is 5.43. The molecule has 1 saturated heterocycles.